The fourth-order valence-electron chi connectivity index (χ4n) is 2.16. The van der Waals surface area contributed by atoms with Crippen molar-refractivity contribution in [1.29, 1.82) is 0 Å². The molecule has 0 atom stereocenters. The number of thioether (sulfide) groups is 1. The molecule has 6 heteroatoms. The Bertz CT molecular complexity index is 447. The van der Waals surface area contributed by atoms with E-state index in [-0.39, 0.29) is 5.91 Å². The van der Waals surface area contributed by atoms with Gasteiger partial charge in [0.2, 0.25) is 5.91 Å². The van der Waals surface area contributed by atoms with Crippen LogP contribution in [-0.2, 0) is 4.79 Å². The molecule has 1 aromatic carbocycles. The second-order valence-electron chi connectivity index (χ2n) is 5.23. The number of nitrogens with one attached hydrogen (secondary N) is 1. The molecule has 1 N–H and O–H groups in total. The van der Waals surface area contributed by atoms with E-state index in [1.54, 1.807) is 11.8 Å². The molecule has 0 unspecified atom stereocenters. The maximum Gasteiger partial charge on any atom is 0.234 e. The summed E-state index contributed by atoms with van der Waals surface area (Å²) in [6, 6.07) is 8.24. The van der Waals surface area contributed by atoms with Crippen molar-refractivity contribution in [3.8, 4) is 0 Å². The average molecular weight is 372 g/mol. The van der Waals surface area contributed by atoms with Gasteiger partial charge in [0.25, 0.3) is 0 Å². The van der Waals surface area contributed by atoms with Gasteiger partial charge in [-0.3, -0.25) is 9.69 Å². The fourth-order valence-corrected chi connectivity index (χ4v) is 3.19. The van der Waals surface area contributed by atoms with Crippen LogP contribution in [0.25, 0.3) is 0 Å². The van der Waals surface area contributed by atoms with Crippen LogP contribution in [0.3, 0.4) is 0 Å². The van der Waals surface area contributed by atoms with Gasteiger partial charge in [-0.25, -0.2) is 0 Å². The molecule has 4 nitrogen and oxygen atoms in total. The number of halogens is 1. The lowest BCUT2D eigenvalue weighted by atomic mass is 10.3. The van der Waals surface area contributed by atoms with E-state index in [0.29, 0.717) is 13.1 Å². The molecule has 1 saturated heterocycles. The molecule has 116 valence electrons. The van der Waals surface area contributed by atoms with Gasteiger partial charge in [0.05, 0.1) is 6.54 Å². The maximum atomic E-state index is 11.9. The maximum absolute atomic E-state index is 11.9. The Morgan fingerprint density at radius 3 is 2.57 bits per heavy atom. The number of amides is 1. The Morgan fingerprint density at radius 2 is 1.90 bits per heavy atom. The van der Waals surface area contributed by atoms with Gasteiger partial charge in [0.15, 0.2) is 0 Å². The van der Waals surface area contributed by atoms with Crippen molar-refractivity contribution >= 4 is 33.6 Å². The lowest BCUT2D eigenvalue weighted by Gasteiger charge is -2.31. The smallest absolute Gasteiger partial charge is 0.234 e. The van der Waals surface area contributed by atoms with Crippen LogP contribution in [0, 0.1) is 0 Å². The number of piperazine rings is 1. The predicted octanol–water partition coefficient (Wildman–Crippen LogP) is 1.90. The Balaban J connectivity index is 1.58. The van der Waals surface area contributed by atoms with Crippen LogP contribution in [0.1, 0.15) is 0 Å². The van der Waals surface area contributed by atoms with Crippen molar-refractivity contribution in [3.05, 3.63) is 28.7 Å². The molecular weight excluding hydrogens is 350 g/mol. The van der Waals surface area contributed by atoms with Crippen molar-refractivity contribution in [3.63, 3.8) is 0 Å². The molecule has 2 rings (SSSR count). The summed E-state index contributed by atoms with van der Waals surface area (Å²) in [5, 5.41) is 3.00. The molecule has 1 heterocycles. The summed E-state index contributed by atoms with van der Waals surface area (Å²) >= 11 is 5.18. The molecular formula is C15H22BrN3OS. The first-order chi connectivity index (χ1) is 10.1. The van der Waals surface area contributed by atoms with E-state index in [1.807, 2.05) is 12.1 Å². The van der Waals surface area contributed by atoms with Crippen LogP contribution in [0.15, 0.2) is 33.6 Å². The van der Waals surface area contributed by atoms with Crippen molar-refractivity contribution < 1.29 is 4.79 Å². The van der Waals surface area contributed by atoms with E-state index in [9.17, 15) is 4.79 Å². The van der Waals surface area contributed by atoms with E-state index in [2.05, 4.69) is 50.2 Å². The summed E-state index contributed by atoms with van der Waals surface area (Å²) in [6.07, 6.45) is 0. The molecule has 0 aliphatic carbocycles. The number of benzene rings is 1. The van der Waals surface area contributed by atoms with Crippen LogP contribution >= 0.6 is 27.7 Å². The van der Waals surface area contributed by atoms with Crippen LogP contribution in [-0.4, -0.2) is 67.8 Å². The molecule has 0 aromatic heterocycles. The zero-order chi connectivity index (χ0) is 15.1. The normalized spacial score (nSPS) is 16.9. The highest BCUT2D eigenvalue weighted by Crippen LogP contribution is 2.19. The van der Waals surface area contributed by atoms with E-state index in [4.69, 9.17) is 0 Å². The van der Waals surface area contributed by atoms with Crippen molar-refractivity contribution in [2.24, 2.45) is 0 Å². The lowest BCUT2D eigenvalue weighted by Crippen LogP contribution is -2.48. The highest BCUT2D eigenvalue weighted by Gasteiger charge is 2.15. The highest BCUT2D eigenvalue weighted by molar-refractivity contribution is 9.10. The monoisotopic (exact) mass is 371 g/mol. The molecule has 0 bridgehead atoms. The molecule has 0 saturated carbocycles. The summed E-state index contributed by atoms with van der Waals surface area (Å²) in [6.45, 7) is 5.30. The van der Waals surface area contributed by atoms with Gasteiger partial charge in [0, 0.05) is 47.8 Å². The quantitative estimate of drug-likeness (QED) is 0.611. The van der Waals surface area contributed by atoms with Crippen molar-refractivity contribution in [1.82, 2.24) is 15.1 Å². The molecule has 1 aliphatic heterocycles. The van der Waals surface area contributed by atoms with Crippen LogP contribution in [0.2, 0.25) is 0 Å². The van der Waals surface area contributed by atoms with Crippen molar-refractivity contribution in [2.75, 3.05) is 52.1 Å². The summed E-state index contributed by atoms with van der Waals surface area (Å²) in [5.74, 6) is 1.03. The first-order valence-corrected chi connectivity index (χ1v) is 8.97. The summed E-state index contributed by atoms with van der Waals surface area (Å²) in [5.41, 5.74) is 0. The van der Waals surface area contributed by atoms with E-state index in [1.165, 1.54) is 4.90 Å². The Hall–Kier alpha value is -0.560. The molecule has 1 aliphatic rings. The molecule has 1 fully saturated rings. The van der Waals surface area contributed by atoms with Gasteiger partial charge in [-0.2, -0.15) is 0 Å². The summed E-state index contributed by atoms with van der Waals surface area (Å²) < 4.78 is 1.09. The van der Waals surface area contributed by atoms with Gasteiger partial charge in [-0.05, 0) is 31.3 Å². The van der Waals surface area contributed by atoms with E-state index >= 15 is 0 Å². The zero-order valence-corrected chi connectivity index (χ0v) is 14.8. The lowest BCUT2D eigenvalue weighted by molar-refractivity contribution is -0.122. The summed E-state index contributed by atoms with van der Waals surface area (Å²) in [7, 11) is 2.12. The van der Waals surface area contributed by atoms with Gasteiger partial charge in [0.1, 0.15) is 0 Å². The Kier molecular flexibility index (Phi) is 7.03. The van der Waals surface area contributed by atoms with Gasteiger partial charge in [-0.15, -0.1) is 11.8 Å². The second-order valence-corrected chi connectivity index (χ2v) is 7.32. The number of likely N-dealkylation sites (N-methyl/N-ethyl adjacent to an activating group) is 1. The number of carbonyl (C=O) groups excluding carboxylic acids is 1. The third-order valence-electron chi connectivity index (χ3n) is 3.47. The second kappa shape index (κ2) is 8.78. The number of hydrogen-bond acceptors (Lipinski definition) is 4. The first kappa shape index (κ1) is 16.8. The first-order valence-electron chi connectivity index (χ1n) is 7.19. The number of rotatable bonds is 6. The largest absolute Gasteiger partial charge is 0.354 e. The predicted molar refractivity (Wildman–Crippen MR) is 91.8 cm³/mol. The molecule has 0 radical (unpaired) electrons. The molecule has 21 heavy (non-hydrogen) atoms. The van der Waals surface area contributed by atoms with Gasteiger partial charge < -0.3 is 10.2 Å². The number of hydrogen-bond donors (Lipinski definition) is 1. The number of carbonyl (C=O) groups is 1. The fraction of sp³-hybridized carbons (Fsp3) is 0.533. The molecule has 1 amide bonds. The highest BCUT2D eigenvalue weighted by atomic mass is 79.9. The Morgan fingerprint density at radius 1 is 1.24 bits per heavy atom. The third-order valence-corrected chi connectivity index (χ3v) is 5.01. The zero-order valence-electron chi connectivity index (χ0n) is 12.3. The van der Waals surface area contributed by atoms with Gasteiger partial charge in [-0.1, -0.05) is 15.9 Å². The van der Waals surface area contributed by atoms with E-state index < -0.39 is 0 Å². The minimum atomic E-state index is 0.135. The average Bonchev–Trinajstić information content (AvgIpc) is 2.48. The van der Waals surface area contributed by atoms with E-state index in [0.717, 1.165) is 36.4 Å². The topological polar surface area (TPSA) is 35.6 Å². The standard InChI is InChI=1S/C15H22BrN3OS/c1-18-7-9-19(10-8-18)12-15(20)17-6-11-21-14-4-2-13(16)3-5-14/h2-5H,6-12H2,1H3,(H,17,20). The van der Waals surface area contributed by atoms with Gasteiger partial charge >= 0.3 is 0 Å². The SMILES string of the molecule is CN1CCN(CC(=O)NCCSc2ccc(Br)cc2)CC1. The van der Waals surface area contributed by atoms with Crippen molar-refractivity contribution in [2.45, 2.75) is 4.90 Å². The van der Waals surface area contributed by atoms with Crippen LogP contribution in [0.5, 0.6) is 0 Å². The molecule has 1 aromatic rings. The number of nitrogens with zero attached hydrogens (tertiary/aromatic N) is 2. The minimum absolute atomic E-state index is 0.135. The third kappa shape index (κ3) is 6.38. The molecule has 0 spiro atoms. The minimum Gasteiger partial charge on any atom is -0.354 e. The Labute approximate surface area is 139 Å². The van der Waals surface area contributed by atoms with Crippen LogP contribution < -0.4 is 5.32 Å². The van der Waals surface area contributed by atoms with Crippen LogP contribution in [0.4, 0.5) is 0 Å². The summed E-state index contributed by atoms with van der Waals surface area (Å²) in [4.78, 5) is 17.6.